The SMILES string of the molecule is CC(OCc1cnc(N)cn1)C(F)(F)F. The highest BCUT2D eigenvalue weighted by molar-refractivity contribution is 5.22. The van der Waals surface area contributed by atoms with Gasteiger partial charge in [-0.15, -0.1) is 0 Å². The molecule has 15 heavy (non-hydrogen) atoms. The molecule has 1 aromatic heterocycles. The molecule has 1 aromatic rings. The minimum atomic E-state index is -4.36. The van der Waals surface area contributed by atoms with Crippen molar-refractivity contribution in [1.29, 1.82) is 0 Å². The van der Waals surface area contributed by atoms with Gasteiger partial charge in [-0.25, -0.2) is 4.98 Å². The van der Waals surface area contributed by atoms with E-state index >= 15 is 0 Å². The number of rotatable bonds is 3. The third kappa shape index (κ3) is 3.70. The first-order chi connectivity index (χ1) is 6.89. The van der Waals surface area contributed by atoms with E-state index in [9.17, 15) is 13.2 Å². The van der Waals surface area contributed by atoms with Crippen molar-refractivity contribution in [2.45, 2.75) is 25.8 Å². The second-order valence-corrected chi connectivity index (χ2v) is 2.93. The summed E-state index contributed by atoms with van der Waals surface area (Å²) in [6, 6.07) is 0. The van der Waals surface area contributed by atoms with Crippen molar-refractivity contribution in [3.63, 3.8) is 0 Å². The minimum Gasteiger partial charge on any atom is -0.382 e. The number of hydrogen-bond donors (Lipinski definition) is 1. The summed E-state index contributed by atoms with van der Waals surface area (Å²) in [5.41, 5.74) is 5.56. The Morgan fingerprint density at radius 3 is 2.53 bits per heavy atom. The predicted octanol–water partition coefficient (Wildman–Crippen LogP) is 1.53. The van der Waals surface area contributed by atoms with Crippen LogP contribution in [0.1, 0.15) is 12.6 Å². The zero-order valence-corrected chi connectivity index (χ0v) is 7.95. The van der Waals surface area contributed by atoms with Crippen molar-refractivity contribution in [3.05, 3.63) is 18.1 Å². The van der Waals surface area contributed by atoms with Crippen LogP contribution >= 0.6 is 0 Å². The van der Waals surface area contributed by atoms with Crippen LogP contribution in [-0.4, -0.2) is 22.2 Å². The first-order valence-electron chi connectivity index (χ1n) is 4.14. The van der Waals surface area contributed by atoms with E-state index in [0.29, 0.717) is 5.69 Å². The van der Waals surface area contributed by atoms with Crippen LogP contribution in [0.5, 0.6) is 0 Å². The topological polar surface area (TPSA) is 61.0 Å². The standard InChI is InChI=1S/C8H10F3N3O/c1-5(8(9,10)11)15-4-6-2-14-7(12)3-13-6/h2-3,5H,4H2,1H3,(H2,12,14). The van der Waals surface area contributed by atoms with Gasteiger partial charge in [0, 0.05) is 0 Å². The summed E-state index contributed by atoms with van der Waals surface area (Å²) in [6.45, 7) is 0.693. The van der Waals surface area contributed by atoms with Gasteiger partial charge in [-0.3, -0.25) is 4.98 Å². The summed E-state index contributed by atoms with van der Waals surface area (Å²) in [6.07, 6.45) is -3.65. The number of hydrogen-bond acceptors (Lipinski definition) is 4. The molecule has 4 nitrogen and oxygen atoms in total. The van der Waals surface area contributed by atoms with Crippen LogP contribution in [0.25, 0.3) is 0 Å². The van der Waals surface area contributed by atoms with Crippen molar-refractivity contribution in [1.82, 2.24) is 9.97 Å². The Morgan fingerprint density at radius 2 is 2.07 bits per heavy atom. The fraction of sp³-hybridized carbons (Fsp3) is 0.500. The molecule has 84 valence electrons. The molecule has 0 bridgehead atoms. The molecule has 0 radical (unpaired) electrons. The van der Waals surface area contributed by atoms with Crippen molar-refractivity contribution >= 4 is 5.82 Å². The summed E-state index contributed by atoms with van der Waals surface area (Å²) in [7, 11) is 0. The third-order valence-corrected chi connectivity index (χ3v) is 1.67. The van der Waals surface area contributed by atoms with E-state index in [1.165, 1.54) is 12.4 Å². The number of nitrogens with two attached hydrogens (primary N) is 1. The number of nitrogen functional groups attached to an aromatic ring is 1. The van der Waals surface area contributed by atoms with E-state index in [4.69, 9.17) is 5.73 Å². The molecule has 7 heteroatoms. The smallest absolute Gasteiger partial charge is 0.382 e. The molecule has 0 spiro atoms. The molecule has 0 aromatic carbocycles. The van der Waals surface area contributed by atoms with Gasteiger partial charge in [0.2, 0.25) is 0 Å². The van der Waals surface area contributed by atoms with E-state index in [2.05, 4.69) is 14.7 Å². The summed E-state index contributed by atoms with van der Waals surface area (Å²) in [4.78, 5) is 7.43. The summed E-state index contributed by atoms with van der Waals surface area (Å²) < 4.78 is 40.7. The van der Waals surface area contributed by atoms with Gasteiger partial charge in [0.15, 0.2) is 6.10 Å². The molecule has 0 saturated carbocycles. The molecule has 2 N–H and O–H groups in total. The van der Waals surface area contributed by atoms with E-state index in [0.717, 1.165) is 6.92 Å². The highest BCUT2D eigenvalue weighted by Crippen LogP contribution is 2.22. The fourth-order valence-corrected chi connectivity index (χ4v) is 0.744. The number of nitrogens with zero attached hydrogens (tertiary/aromatic N) is 2. The molecule has 1 rings (SSSR count). The molecule has 1 atom stereocenters. The molecule has 0 fully saturated rings. The second kappa shape index (κ2) is 4.43. The summed E-state index contributed by atoms with van der Waals surface area (Å²) in [5, 5.41) is 0. The maximum atomic E-state index is 12.0. The van der Waals surface area contributed by atoms with Gasteiger partial charge in [-0.2, -0.15) is 13.2 Å². The number of aromatic nitrogens is 2. The quantitative estimate of drug-likeness (QED) is 0.840. The lowest BCUT2D eigenvalue weighted by Crippen LogP contribution is -2.28. The van der Waals surface area contributed by atoms with E-state index in [1.54, 1.807) is 0 Å². The first-order valence-corrected chi connectivity index (χ1v) is 4.14. The molecule has 0 aliphatic heterocycles. The van der Waals surface area contributed by atoms with Gasteiger partial charge in [-0.05, 0) is 6.92 Å². The number of halogens is 3. The minimum absolute atomic E-state index is 0.211. The average molecular weight is 221 g/mol. The van der Waals surface area contributed by atoms with Crippen LogP contribution in [0, 0.1) is 0 Å². The molecule has 0 aliphatic carbocycles. The molecule has 0 saturated heterocycles. The van der Waals surface area contributed by atoms with Crippen molar-refractivity contribution in [2.24, 2.45) is 0 Å². The largest absolute Gasteiger partial charge is 0.414 e. The average Bonchev–Trinajstić information content (AvgIpc) is 2.15. The normalized spacial score (nSPS) is 13.9. The molecule has 0 amide bonds. The lowest BCUT2D eigenvalue weighted by atomic mass is 10.4. The van der Waals surface area contributed by atoms with E-state index < -0.39 is 12.3 Å². The van der Waals surface area contributed by atoms with Crippen molar-refractivity contribution < 1.29 is 17.9 Å². The van der Waals surface area contributed by atoms with Crippen LogP contribution in [-0.2, 0) is 11.3 Å². The molecular weight excluding hydrogens is 211 g/mol. The Labute approximate surface area is 84.3 Å². The number of ether oxygens (including phenoxy) is 1. The van der Waals surface area contributed by atoms with Gasteiger partial charge < -0.3 is 10.5 Å². The lowest BCUT2D eigenvalue weighted by molar-refractivity contribution is -0.217. The molecule has 1 heterocycles. The van der Waals surface area contributed by atoms with Crippen LogP contribution in [0.15, 0.2) is 12.4 Å². The van der Waals surface area contributed by atoms with Crippen LogP contribution < -0.4 is 5.73 Å². The Kier molecular flexibility index (Phi) is 3.46. The van der Waals surface area contributed by atoms with Gasteiger partial charge in [-0.1, -0.05) is 0 Å². The fourth-order valence-electron chi connectivity index (χ4n) is 0.744. The van der Waals surface area contributed by atoms with Gasteiger partial charge in [0.1, 0.15) is 5.82 Å². The molecule has 0 aliphatic rings. The Bertz CT molecular complexity index is 312. The summed E-state index contributed by atoms with van der Waals surface area (Å²) >= 11 is 0. The maximum absolute atomic E-state index is 12.0. The first kappa shape index (κ1) is 11.7. The number of alkyl halides is 3. The van der Waals surface area contributed by atoms with Gasteiger partial charge in [0.05, 0.1) is 24.7 Å². The van der Waals surface area contributed by atoms with Crippen molar-refractivity contribution in [3.8, 4) is 0 Å². The Hall–Kier alpha value is -1.37. The van der Waals surface area contributed by atoms with Crippen LogP contribution in [0.4, 0.5) is 19.0 Å². The highest BCUT2D eigenvalue weighted by atomic mass is 19.4. The summed E-state index contributed by atoms with van der Waals surface area (Å²) in [5.74, 6) is 0.211. The zero-order valence-electron chi connectivity index (χ0n) is 7.95. The Morgan fingerprint density at radius 1 is 1.40 bits per heavy atom. The Balaban J connectivity index is 2.47. The lowest BCUT2D eigenvalue weighted by Gasteiger charge is -2.15. The van der Waals surface area contributed by atoms with Crippen molar-refractivity contribution in [2.75, 3.05) is 5.73 Å². The number of anilines is 1. The second-order valence-electron chi connectivity index (χ2n) is 2.93. The highest BCUT2D eigenvalue weighted by Gasteiger charge is 2.36. The third-order valence-electron chi connectivity index (χ3n) is 1.67. The monoisotopic (exact) mass is 221 g/mol. The van der Waals surface area contributed by atoms with Crippen LogP contribution in [0.2, 0.25) is 0 Å². The van der Waals surface area contributed by atoms with Gasteiger partial charge >= 0.3 is 6.18 Å². The molecular formula is C8H10F3N3O. The van der Waals surface area contributed by atoms with E-state index in [-0.39, 0.29) is 12.4 Å². The predicted molar refractivity (Wildman–Crippen MR) is 46.8 cm³/mol. The van der Waals surface area contributed by atoms with Gasteiger partial charge in [0.25, 0.3) is 0 Å². The maximum Gasteiger partial charge on any atom is 0.414 e. The molecule has 1 unspecified atom stereocenters. The zero-order chi connectivity index (χ0) is 11.5. The van der Waals surface area contributed by atoms with E-state index in [1.807, 2.05) is 0 Å². The van der Waals surface area contributed by atoms with Crippen LogP contribution in [0.3, 0.4) is 0 Å².